The van der Waals surface area contributed by atoms with Gasteiger partial charge in [-0.2, -0.15) is 0 Å². The van der Waals surface area contributed by atoms with Crippen LogP contribution in [0.1, 0.15) is 31.2 Å². The number of halogens is 1. The van der Waals surface area contributed by atoms with E-state index < -0.39 is 0 Å². The van der Waals surface area contributed by atoms with Crippen LogP contribution < -0.4 is 10.1 Å². The summed E-state index contributed by atoms with van der Waals surface area (Å²) in [4.78, 5) is 11.7. The van der Waals surface area contributed by atoms with Crippen molar-refractivity contribution in [1.29, 1.82) is 0 Å². The first kappa shape index (κ1) is 15.4. The number of hydrogen-bond acceptors (Lipinski definition) is 4. The lowest BCUT2D eigenvalue weighted by atomic mass is 10.1. The average molecular weight is 309 g/mol. The zero-order valence-corrected chi connectivity index (χ0v) is 12.7. The smallest absolute Gasteiger partial charge is 0.258 e. The maximum atomic E-state index is 11.7. The molecule has 1 heterocycles. The Morgan fingerprint density at radius 2 is 2.10 bits per heavy atom. The predicted octanol–water partition coefficient (Wildman–Crippen LogP) is 3.15. The molecule has 0 aliphatic carbocycles. The van der Waals surface area contributed by atoms with Crippen LogP contribution in [0.5, 0.6) is 5.75 Å². The Hall–Kier alpha value is -2.01. The summed E-state index contributed by atoms with van der Waals surface area (Å²) in [6.45, 7) is 4.29. The summed E-state index contributed by atoms with van der Waals surface area (Å²) in [7, 11) is 0. The van der Waals surface area contributed by atoms with Gasteiger partial charge >= 0.3 is 0 Å². The summed E-state index contributed by atoms with van der Waals surface area (Å²) in [5.74, 6) is 1.29. The highest BCUT2D eigenvalue weighted by molar-refractivity contribution is 6.30. The predicted molar refractivity (Wildman–Crippen MR) is 79.4 cm³/mol. The summed E-state index contributed by atoms with van der Waals surface area (Å²) in [5.41, 5.74) is 0.872. The van der Waals surface area contributed by atoms with Crippen LogP contribution in [0.2, 0.25) is 5.02 Å². The molecular formula is C15H17ClN2O3. The lowest BCUT2D eigenvalue weighted by Gasteiger charge is -2.06. The molecular weight excluding hydrogens is 292 g/mol. The van der Waals surface area contributed by atoms with Crippen molar-refractivity contribution in [3.8, 4) is 5.75 Å². The Balaban J connectivity index is 1.75. The second-order valence-electron chi connectivity index (χ2n) is 4.89. The molecule has 0 saturated carbocycles. The third-order valence-electron chi connectivity index (χ3n) is 2.81. The molecule has 112 valence electrons. The molecule has 21 heavy (non-hydrogen) atoms. The molecule has 0 saturated heterocycles. The van der Waals surface area contributed by atoms with Crippen LogP contribution >= 0.6 is 11.6 Å². The highest BCUT2D eigenvalue weighted by atomic mass is 35.5. The fourth-order valence-corrected chi connectivity index (χ4v) is 1.73. The second kappa shape index (κ2) is 7.13. The molecule has 0 bridgehead atoms. The summed E-state index contributed by atoms with van der Waals surface area (Å²) < 4.78 is 10.5. The summed E-state index contributed by atoms with van der Waals surface area (Å²) in [6, 6.07) is 8.67. The number of ether oxygens (including phenoxy) is 1. The quantitative estimate of drug-likeness (QED) is 0.890. The first-order valence-electron chi connectivity index (χ1n) is 6.65. The summed E-state index contributed by atoms with van der Waals surface area (Å²) >= 11 is 5.76. The zero-order chi connectivity index (χ0) is 15.2. The minimum Gasteiger partial charge on any atom is -0.484 e. The summed E-state index contributed by atoms with van der Waals surface area (Å²) in [5, 5.41) is 7.26. The van der Waals surface area contributed by atoms with Gasteiger partial charge in [0.1, 0.15) is 5.75 Å². The molecule has 0 aliphatic rings. The number of carbonyl (C=O) groups is 1. The van der Waals surface area contributed by atoms with Gasteiger partial charge in [0.2, 0.25) is 0 Å². The Labute approximate surface area is 128 Å². The number of nitrogens with zero attached hydrogens (tertiary/aromatic N) is 1. The molecule has 0 aliphatic heterocycles. The van der Waals surface area contributed by atoms with E-state index in [2.05, 4.69) is 10.5 Å². The van der Waals surface area contributed by atoms with Gasteiger partial charge in [-0.3, -0.25) is 4.79 Å². The van der Waals surface area contributed by atoms with E-state index in [1.807, 2.05) is 19.9 Å². The Morgan fingerprint density at radius 3 is 2.71 bits per heavy atom. The lowest BCUT2D eigenvalue weighted by Crippen LogP contribution is -2.28. The van der Waals surface area contributed by atoms with Crippen LogP contribution in [0.15, 0.2) is 34.9 Å². The molecule has 1 amide bonds. The van der Waals surface area contributed by atoms with E-state index in [4.69, 9.17) is 20.9 Å². The number of benzene rings is 1. The third kappa shape index (κ3) is 4.79. The van der Waals surface area contributed by atoms with Gasteiger partial charge in [-0.25, -0.2) is 0 Å². The zero-order valence-electron chi connectivity index (χ0n) is 11.9. The molecule has 1 aromatic carbocycles. The van der Waals surface area contributed by atoms with Gasteiger partial charge in [0.25, 0.3) is 5.91 Å². The molecule has 0 fully saturated rings. The molecule has 0 unspecified atom stereocenters. The third-order valence-corrected chi connectivity index (χ3v) is 3.06. The molecule has 1 N–H and O–H groups in total. The van der Waals surface area contributed by atoms with Crippen molar-refractivity contribution >= 4 is 17.5 Å². The number of carbonyl (C=O) groups excluding carboxylic acids is 1. The Bertz CT molecular complexity index is 593. The minimum absolute atomic E-state index is 0.0627. The topological polar surface area (TPSA) is 64.4 Å². The second-order valence-corrected chi connectivity index (χ2v) is 5.33. The number of nitrogens with one attached hydrogen (secondary N) is 1. The van der Waals surface area contributed by atoms with Crippen molar-refractivity contribution in [1.82, 2.24) is 10.5 Å². The number of hydrogen-bond donors (Lipinski definition) is 1. The van der Waals surface area contributed by atoms with Crippen molar-refractivity contribution in [2.24, 2.45) is 0 Å². The average Bonchev–Trinajstić information content (AvgIpc) is 2.93. The maximum Gasteiger partial charge on any atom is 0.258 e. The van der Waals surface area contributed by atoms with E-state index >= 15 is 0 Å². The van der Waals surface area contributed by atoms with Crippen LogP contribution in [0, 0.1) is 0 Å². The van der Waals surface area contributed by atoms with E-state index in [9.17, 15) is 4.79 Å². The maximum absolute atomic E-state index is 11.7. The van der Waals surface area contributed by atoms with Crippen LogP contribution in [0.4, 0.5) is 0 Å². The molecule has 6 heteroatoms. The number of aromatic nitrogens is 1. The summed E-state index contributed by atoms with van der Waals surface area (Å²) in [6.07, 6.45) is 0. The van der Waals surface area contributed by atoms with E-state index in [-0.39, 0.29) is 12.5 Å². The van der Waals surface area contributed by atoms with Crippen molar-refractivity contribution in [3.63, 3.8) is 0 Å². The monoisotopic (exact) mass is 308 g/mol. The normalized spacial score (nSPS) is 10.7. The van der Waals surface area contributed by atoms with Gasteiger partial charge in [-0.05, 0) is 30.2 Å². The first-order valence-corrected chi connectivity index (χ1v) is 7.03. The van der Waals surface area contributed by atoms with Gasteiger partial charge in [0.15, 0.2) is 12.4 Å². The fraction of sp³-hybridized carbons (Fsp3) is 0.333. The molecule has 5 nitrogen and oxygen atoms in total. The van der Waals surface area contributed by atoms with Crippen LogP contribution in [-0.2, 0) is 11.3 Å². The largest absolute Gasteiger partial charge is 0.484 e. The van der Waals surface area contributed by atoms with E-state index in [1.165, 1.54) is 0 Å². The first-order chi connectivity index (χ1) is 10.0. The lowest BCUT2D eigenvalue weighted by molar-refractivity contribution is -0.123. The fourth-order valence-electron chi connectivity index (χ4n) is 1.60. The van der Waals surface area contributed by atoms with Gasteiger partial charge < -0.3 is 14.6 Å². The molecule has 1 aromatic heterocycles. The van der Waals surface area contributed by atoms with Gasteiger partial charge in [-0.1, -0.05) is 30.6 Å². The van der Waals surface area contributed by atoms with E-state index in [0.717, 1.165) is 5.69 Å². The molecule has 0 spiro atoms. The van der Waals surface area contributed by atoms with Crippen LogP contribution in [-0.4, -0.2) is 17.7 Å². The SMILES string of the molecule is CC(C)c1cc(CNC(=O)COc2ccc(Cl)cc2)on1. The van der Waals surface area contributed by atoms with Crippen LogP contribution in [0.3, 0.4) is 0 Å². The van der Waals surface area contributed by atoms with Crippen LogP contribution in [0.25, 0.3) is 0 Å². The number of amides is 1. The van der Waals surface area contributed by atoms with E-state index in [0.29, 0.717) is 29.0 Å². The van der Waals surface area contributed by atoms with Crippen molar-refractivity contribution in [2.45, 2.75) is 26.3 Å². The molecule has 2 aromatic rings. The van der Waals surface area contributed by atoms with Gasteiger partial charge in [-0.15, -0.1) is 0 Å². The van der Waals surface area contributed by atoms with Crippen molar-refractivity contribution < 1.29 is 14.1 Å². The number of rotatable bonds is 6. The molecule has 0 radical (unpaired) electrons. The highest BCUT2D eigenvalue weighted by Gasteiger charge is 2.09. The van der Waals surface area contributed by atoms with Gasteiger partial charge in [0, 0.05) is 11.1 Å². The standard InChI is InChI=1S/C15H17ClN2O3/c1-10(2)14-7-13(21-18-14)8-17-15(19)9-20-12-5-3-11(16)4-6-12/h3-7,10H,8-9H2,1-2H3,(H,17,19). The van der Waals surface area contributed by atoms with Crippen molar-refractivity contribution in [3.05, 3.63) is 46.8 Å². The van der Waals surface area contributed by atoms with E-state index in [1.54, 1.807) is 24.3 Å². The Kier molecular flexibility index (Phi) is 5.22. The van der Waals surface area contributed by atoms with Gasteiger partial charge in [0.05, 0.1) is 12.2 Å². The van der Waals surface area contributed by atoms with Crippen molar-refractivity contribution in [2.75, 3.05) is 6.61 Å². The Morgan fingerprint density at radius 1 is 1.38 bits per heavy atom. The minimum atomic E-state index is -0.229. The molecule has 2 rings (SSSR count). The molecule has 0 atom stereocenters. The highest BCUT2D eigenvalue weighted by Crippen LogP contribution is 2.15.